The van der Waals surface area contributed by atoms with Crippen LogP contribution in [0.3, 0.4) is 0 Å². The number of alkyl carbamates (subject to hydrolysis) is 1. The molecule has 6 heteroatoms. The van der Waals surface area contributed by atoms with E-state index in [1.54, 1.807) is 13.8 Å². The molecule has 2 amide bonds. The highest BCUT2D eigenvalue weighted by atomic mass is 16.6. The number of rotatable bonds is 3. The summed E-state index contributed by atoms with van der Waals surface area (Å²) in [5, 5.41) is 1.90. The Bertz CT molecular complexity index is 282. The molecule has 0 heterocycles. The Hall–Kier alpha value is -1.85. The summed E-state index contributed by atoms with van der Waals surface area (Å²) in [6.45, 7) is 3.29. The monoisotopic (exact) mass is 215 g/mol. The molecule has 0 aromatic carbocycles. The number of methoxy groups -OCH3 is 1. The zero-order chi connectivity index (χ0) is 11.8. The summed E-state index contributed by atoms with van der Waals surface area (Å²) in [6.07, 6.45) is 0.609. The lowest BCUT2D eigenvalue weighted by Crippen LogP contribution is -2.31. The van der Waals surface area contributed by atoms with Crippen LogP contribution in [-0.2, 0) is 19.1 Å². The minimum absolute atomic E-state index is 0.317. The molecule has 0 aliphatic carbocycles. The van der Waals surface area contributed by atoms with Gasteiger partial charge in [-0.25, -0.2) is 9.59 Å². The summed E-state index contributed by atoms with van der Waals surface area (Å²) in [5.41, 5.74) is 0. The van der Waals surface area contributed by atoms with Crippen LogP contribution in [0.5, 0.6) is 0 Å². The molecule has 0 fully saturated rings. The number of imide groups is 1. The van der Waals surface area contributed by atoms with Gasteiger partial charge in [0, 0.05) is 12.2 Å². The van der Waals surface area contributed by atoms with Crippen LogP contribution in [-0.4, -0.2) is 31.2 Å². The maximum atomic E-state index is 10.9. The van der Waals surface area contributed by atoms with Crippen molar-refractivity contribution in [3.63, 3.8) is 0 Å². The highest BCUT2D eigenvalue weighted by molar-refractivity contribution is 6.01. The molecule has 0 aromatic rings. The Morgan fingerprint density at radius 3 is 2.27 bits per heavy atom. The summed E-state index contributed by atoms with van der Waals surface area (Å²) in [4.78, 5) is 32.4. The fourth-order valence-corrected chi connectivity index (χ4v) is 0.598. The number of hydrogen-bond acceptors (Lipinski definition) is 5. The van der Waals surface area contributed by atoms with Gasteiger partial charge in [-0.1, -0.05) is 0 Å². The van der Waals surface area contributed by atoms with E-state index >= 15 is 0 Å². The molecule has 1 N–H and O–H groups in total. The molecule has 6 nitrogen and oxygen atoms in total. The average molecular weight is 215 g/mol. The first kappa shape index (κ1) is 13.2. The second-order valence-electron chi connectivity index (χ2n) is 2.80. The Morgan fingerprint density at radius 2 is 1.80 bits per heavy atom. The van der Waals surface area contributed by atoms with E-state index in [0.29, 0.717) is 0 Å². The van der Waals surface area contributed by atoms with Crippen LogP contribution in [0.15, 0.2) is 12.2 Å². The van der Waals surface area contributed by atoms with Crippen molar-refractivity contribution >= 4 is 18.0 Å². The molecule has 0 aliphatic rings. The van der Waals surface area contributed by atoms with E-state index < -0.39 is 18.0 Å². The summed E-state index contributed by atoms with van der Waals surface area (Å²) < 4.78 is 8.88. The third-order valence-electron chi connectivity index (χ3n) is 1.14. The Morgan fingerprint density at radius 1 is 1.20 bits per heavy atom. The predicted molar refractivity (Wildman–Crippen MR) is 50.9 cm³/mol. The van der Waals surface area contributed by atoms with Gasteiger partial charge in [-0.3, -0.25) is 10.1 Å². The van der Waals surface area contributed by atoms with E-state index in [-0.39, 0.29) is 6.10 Å². The topological polar surface area (TPSA) is 81.7 Å². The van der Waals surface area contributed by atoms with E-state index in [1.165, 1.54) is 7.11 Å². The number of hydrogen-bond donors (Lipinski definition) is 1. The lowest BCUT2D eigenvalue weighted by molar-refractivity contribution is -0.135. The standard InChI is InChI=1S/C9H13NO5/c1-6(2)15-9(13)10-7(11)4-5-8(12)14-3/h4-6H,1-3H3,(H,10,11,13)/b5-4+. The third kappa shape index (κ3) is 7.24. The lowest BCUT2D eigenvalue weighted by atomic mass is 10.4. The summed E-state index contributed by atoms with van der Waals surface area (Å²) in [7, 11) is 1.18. The van der Waals surface area contributed by atoms with E-state index in [4.69, 9.17) is 0 Å². The van der Waals surface area contributed by atoms with Gasteiger partial charge in [-0.15, -0.1) is 0 Å². The Kier molecular flexibility index (Phi) is 5.77. The van der Waals surface area contributed by atoms with Gasteiger partial charge in [0.05, 0.1) is 13.2 Å². The molecule has 0 unspecified atom stereocenters. The number of carbonyl (C=O) groups excluding carboxylic acids is 3. The van der Waals surface area contributed by atoms with E-state index in [2.05, 4.69) is 9.47 Å². The molecule has 0 aromatic heterocycles. The third-order valence-corrected chi connectivity index (χ3v) is 1.14. The van der Waals surface area contributed by atoms with Crippen molar-refractivity contribution in [1.82, 2.24) is 5.32 Å². The van der Waals surface area contributed by atoms with Crippen LogP contribution in [0.4, 0.5) is 4.79 Å². The van der Waals surface area contributed by atoms with Crippen LogP contribution >= 0.6 is 0 Å². The van der Waals surface area contributed by atoms with Gasteiger partial charge in [0.25, 0.3) is 5.91 Å². The fraction of sp³-hybridized carbons (Fsp3) is 0.444. The summed E-state index contributed by atoms with van der Waals surface area (Å²) >= 11 is 0. The number of esters is 1. The first-order chi connectivity index (χ1) is 6.95. The fourth-order valence-electron chi connectivity index (χ4n) is 0.598. The van der Waals surface area contributed by atoms with Gasteiger partial charge in [0.15, 0.2) is 0 Å². The molecule has 0 spiro atoms. The van der Waals surface area contributed by atoms with Crippen LogP contribution in [0, 0.1) is 0 Å². The van der Waals surface area contributed by atoms with Crippen molar-refractivity contribution in [2.75, 3.05) is 7.11 Å². The first-order valence-corrected chi connectivity index (χ1v) is 4.23. The number of ether oxygens (including phenoxy) is 2. The molecular weight excluding hydrogens is 202 g/mol. The maximum Gasteiger partial charge on any atom is 0.414 e. The van der Waals surface area contributed by atoms with Gasteiger partial charge in [0.2, 0.25) is 0 Å². The number of nitrogens with one attached hydrogen (secondary N) is 1. The van der Waals surface area contributed by atoms with Crippen molar-refractivity contribution < 1.29 is 23.9 Å². The van der Waals surface area contributed by atoms with Gasteiger partial charge in [0.1, 0.15) is 0 Å². The SMILES string of the molecule is COC(=O)/C=C/C(=O)NC(=O)OC(C)C. The van der Waals surface area contributed by atoms with Crippen LogP contribution in [0.25, 0.3) is 0 Å². The van der Waals surface area contributed by atoms with Crippen molar-refractivity contribution in [2.24, 2.45) is 0 Å². The van der Waals surface area contributed by atoms with Crippen molar-refractivity contribution in [3.8, 4) is 0 Å². The molecule has 0 saturated carbocycles. The smallest absolute Gasteiger partial charge is 0.414 e. The number of carbonyl (C=O) groups is 3. The van der Waals surface area contributed by atoms with Crippen LogP contribution in [0.1, 0.15) is 13.8 Å². The van der Waals surface area contributed by atoms with Crippen molar-refractivity contribution in [1.29, 1.82) is 0 Å². The molecule has 0 radical (unpaired) electrons. The lowest BCUT2D eigenvalue weighted by Gasteiger charge is -2.06. The first-order valence-electron chi connectivity index (χ1n) is 4.23. The summed E-state index contributed by atoms with van der Waals surface area (Å²) in [5.74, 6) is -1.42. The molecule has 0 rings (SSSR count). The minimum atomic E-state index is -0.857. The Labute approximate surface area is 87.2 Å². The number of amides is 2. The molecular formula is C9H13NO5. The highest BCUT2D eigenvalue weighted by Crippen LogP contribution is 1.88. The molecule has 84 valence electrons. The highest BCUT2D eigenvalue weighted by Gasteiger charge is 2.07. The average Bonchev–Trinajstić information content (AvgIpc) is 2.12. The van der Waals surface area contributed by atoms with Crippen LogP contribution < -0.4 is 5.32 Å². The molecule has 0 aliphatic heterocycles. The van der Waals surface area contributed by atoms with Gasteiger partial charge < -0.3 is 9.47 Å². The molecule has 0 bridgehead atoms. The molecule has 15 heavy (non-hydrogen) atoms. The van der Waals surface area contributed by atoms with Gasteiger partial charge in [-0.2, -0.15) is 0 Å². The maximum absolute atomic E-state index is 10.9. The van der Waals surface area contributed by atoms with Gasteiger partial charge in [-0.05, 0) is 13.8 Å². The minimum Gasteiger partial charge on any atom is -0.466 e. The zero-order valence-corrected chi connectivity index (χ0v) is 8.77. The van der Waals surface area contributed by atoms with Crippen LogP contribution in [0.2, 0.25) is 0 Å². The van der Waals surface area contributed by atoms with E-state index in [0.717, 1.165) is 12.2 Å². The van der Waals surface area contributed by atoms with E-state index in [9.17, 15) is 14.4 Å². The predicted octanol–water partition coefficient (Wildman–Crippen LogP) is 0.377. The van der Waals surface area contributed by atoms with E-state index in [1.807, 2.05) is 5.32 Å². The Balaban J connectivity index is 3.99. The van der Waals surface area contributed by atoms with Gasteiger partial charge >= 0.3 is 12.1 Å². The quantitative estimate of drug-likeness (QED) is 0.543. The molecule has 0 atom stereocenters. The molecule has 0 saturated heterocycles. The van der Waals surface area contributed by atoms with Crippen molar-refractivity contribution in [3.05, 3.63) is 12.2 Å². The van der Waals surface area contributed by atoms with Crippen molar-refractivity contribution in [2.45, 2.75) is 20.0 Å². The summed E-state index contributed by atoms with van der Waals surface area (Å²) in [6, 6.07) is 0. The second kappa shape index (κ2) is 6.58. The zero-order valence-electron chi connectivity index (χ0n) is 8.77. The second-order valence-corrected chi connectivity index (χ2v) is 2.80. The normalized spacial score (nSPS) is 10.1. The largest absolute Gasteiger partial charge is 0.466 e.